The number of halogens is 3. The summed E-state index contributed by atoms with van der Waals surface area (Å²) in [5, 5.41) is 4.21. The molecular weight excluding hydrogens is 291 g/mol. The molecule has 2 N–H and O–H groups in total. The van der Waals surface area contributed by atoms with Gasteiger partial charge >= 0.3 is 6.18 Å². The molecule has 0 saturated carbocycles. The van der Waals surface area contributed by atoms with Crippen molar-refractivity contribution in [3.8, 4) is 5.69 Å². The molecule has 1 unspecified atom stereocenters. The van der Waals surface area contributed by atoms with Gasteiger partial charge in [-0.3, -0.25) is 0 Å². The zero-order valence-corrected chi connectivity index (χ0v) is 12.6. The van der Waals surface area contributed by atoms with E-state index in [1.807, 2.05) is 6.07 Å². The Bertz CT molecular complexity index is 598. The van der Waals surface area contributed by atoms with E-state index in [-0.39, 0.29) is 6.04 Å². The second kappa shape index (κ2) is 6.52. The van der Waals surface area contributed by atoms with Crippen LogP contribution in [-0.4, -0.2) is 9.78 Å². The number of aromatic nitrogens is 2. The lowest BCUT2D eigenvalue weighted by Gasteiger charge is -2.22. The van der Waals surface area contributed by atoms with Gasteiger partial charge in [-0.05, 0) is 36.2 Å². The molecule has 1 atom stereocenters. The zero-order valence-electron chi connectivity index (χ0n) is 12.6. The molecule has 0 bridgehead atoms. The summed E-state index contributed by atoms with van der Waals surface area (Å²) in [6, 6.07) is 6.57. The van der Waals surface area contributed by atoms with Crippen LogP contribution < -0.4 is 5.73 Å². The fraction of sp³-hybridized carbons (Fsp3) is 0.438. The van der Waals surface area contributed by atoms with Crippen molar-refractivity contribution >= 4 is 0 Å². The third kappa shape index (κ3) is 3.32. The topological polar surface area (TPSA) is 43.8 Å². The lowest BCUT2D eigenvalue weighted by Crippen LogP contribution is -2.23. The van der Waals surface area contributed by atoms with E-state index in [0.717, 1.165) is 30.7 Å². The molecule has 0 aliphatic rings. The molecule has 0 spiro atoms. The van der Waals surface area contributed by atoms with E-state index in [9.17, 15) is 13.2 Å². The summed E-state index contributed by atoms with van der Waals surface area (Å²) >= 11 is 0. The van der Waals surface area contributed by atoms with Crippen molar-refractivity contribution in [2.75, 3.05) is 0 Å². The number of alkyl halides is 3. The molecule has 0 saturated heterocycles. The van der Waals surface area contributed by atoms with Crippen LogP contribution in [0.1, 0.15) is 44.0 Å². The highest BCUT2D eigenvalue weighted by Gasteiger charge is 2.30. The van der Waals surface area contributed by atoms with Crippen molar-refractivity contribution < 1.29 is 13.2 Å². The van der Waals surface area contributed by atoms with Crippen molar-refractivity contribution in [2.24, 2.45) is 11.7 Å². The van der Waals surface area contributed by atoms with Gasteiger partial charge in [0.25, 0.3) is 0 Å². The molecule has 1 aromatic carbocycles. The maximum atomic E-state index is 12.6. The third-order valence-electron chi connectivity index (χ3n) is 4.01. The van der Waals surface area contributed by atoms with E-state index in [2.05, 4.69) is 18.9 Å². The largest absolute Gasteiger partial charge is 0.416 e. The average molecular weight is 311 g/mol. The van der Waals surface area contributed by atoms with Crippen LogP contribution in [0.3, 0.4) is 0 Å². The van der Waals surface area contributed by atoms with E-state index < -0.39 is 11.7 Å². The minimum absolute atomic E-state index is 0.195. The molecule has 1 aromatic heterocycles. The lowest BCUT2D eigenvalue weighted by atomic mass is 9.92. The summed E-state index contributed by atoms with van der Waals surface area (Å²) in [7, 11) is 0. The summed E-state index contributed by atoms with van der Waals surface area (Å²) < 4.78 is 39.5. The van der Waals surface area contributed by atoms with Gasteiger partial charge in [0.1, 0.15) is 0 Å². The number of nitrogens with zero attached hydrogens (tertiary/aromatic N) is 2. The van der Waals surface area contributed by atoms with E-state index >= 15 is 0 Å². The van der Waals surface area contributed by atoms with Crippen molar-refractivity contribution in [1.29, 1.82) is 0 Å². The molecule has 2 aromatic rings. The SMILES string of the molecule is CCC(CC)C(N)c1ccnn1-c1ccc(C(F)(F)F)cc1. The Kier molecular flexibility index (Phi) is 4.90. The molecule has 0 amide bonds. The van der Waals surface area contributed by atoms with Crippen LogP contribution in [-0.2, 0) is 6.18 Å². The molecule has 22 heavy (non-hydrogen) atoms. The van der Waals surface area contributed by atoms with Gasteiger partial charge in [0.2, 0.25) is 0 Å². The second-order valence-electron chi connectivity index (χ2n) is 5.31. The number of hydrogen-bond donors (Lipinski definition) is 1. The summed E-state index contributed by atoms with van der Waals surface area (Å²) in [5.74, 6) is 0.310. The second-order valence-corrected chi connectivity index (χ2v) is 5.31. The normalized spacial score (nSPS) is 13.6. The predicted molar refractivity (Wildman–Crippen MR) is 79.6 cm³/mol. The minimum Gasteiger partial charge on any atom is -0.322 e. The van der Waals surface area contributed by atoms with Crippen LogP contribution in [0.25, 0.3) is 5.69 Å². The monoisotopic (exact) mass is 311 g/mol. The highest BCUT2D eigenvalue weighted by molar-refractivity contribution is 5.37. The maximum Gasteiger partial charge on any atom is 0.416 e. The van der Waals surface area contributed by atoms with Gasteiger partial charge < -0.3 is 5.73 Å². The first kappa shape index (κ1) is 16.5. The van der Waals surface area contributed by atoms with Crippen LogP contribution >= 0.6 is 0 Å². The van der Waals surface area contributed by atoms with Gasteiger partial charge in [0, 0.05) is 12.2 Å². The quantitative estimate of drug-likeness (QED) is 0.893. The Morgan fingerprint density at radius 3 is 2.18 bits per heavy atom. The zero-order chi connectivity index (χ0) is 16.3. The van der Waals surface area contributed by atoms with Crippen molar-refractivity contribution in [3.05, 3.63) is 47.8 Å². The standard InChI is InChI=1S/C16H20F3N3/c1-3-11(4-2)15(20)14-9-10-21-22(14)13-7-5-12(6-8-13)16(17,18)19/h5-11,15H,3-4,20H2,1-2H3. The fourth-order valence-electron chi connectivity index (χ4n) is 2.61. The van der Waals surface area contributed by atoms with E-state index in [1.165, 1.54) is 12.1 Å². The maximum absolute atomic E-state index is 12.6. The Hall–Kier alpha value is -1.82. The smallest absolute Gasteiger partial charge is 0.322 e. The van der Waals surface area contributed by atoms with Gasteiger partial charge in [-0.2, -0.15) is 18.3 Å². The van der Waals surface area contributed by atoms with E-state index in [0.29, 0.717) is 11.6 Å². The minimum atomic E-state index is -4.34. The Morgan fingerprint density at radius 2 is 1.68 bits per heavy atom. The van der Waals surface area contributed by atoms with Crippen LogP contribution in [0.4, 0.5) is 13.2 Å². The van der Waals surface area contributed by atoms with Gasteiger partial charge in [0.15, 0.2) is 0 Å². The molecular formula is C16H20F3N3. The third-order valence-corrected chi connectivity index (χ3v) is 4.01. The molecule has 0 aliphatic carbocycles. The number of rotatable bonds is 5. The van der Waals surface area contributed by atoms with Gasteiger partial charge in [-0.15, -0.1) is 0 Å². The fourth-order valence-corrected chi connectivity index (χ4v) is 2.61. The van der Waals surface area contributed by atoms with E-state index in [1.54, 1.807) is 10.9 Å². The first-order chi connectivity index (χ1) is 10.4. The summed E-state index contributed by atoms with van der Waals surface area (Å²) in [5.41, 5.74) is 7.02. The highest BCUT2D eigenvalue weighted by Crippen LogP contribution is 2.31. The molecule has 2 rings (SSSR count). The Balaban J connectivity index is 2.33. The van der Waals surface area contributed by atoms with Crippen LogP contribution in [0.5, 0.6) is 0 Å². The molecule has 0 radical (unpaired) electrons. The van der Waals surface area contributed by atoms with Crippen molar-refractivity contribution in [1.82, 2.24) is 9.78 Å². The van der Waals surface area contributed by atoms with Gasteiger partial charge in [-0.25, -0.2) is 4.68 Å². The first-order valence-corrected chi connectivity index (χ1v) is 7.35. The lowest BCUT2D eigenvalue weighted by molar-refractivity contribution is -0.137. The van der Waals surface area contributed by atoms with Crippen LogP contribution in [0.15, 0.2) is 36.5 Å². The summed E-state index contributed by atoms with van der Waals surface area (Å²) in [6.07, 6.45) is -0.835. The van der Waals surface area contributed by atoms with Crippen LogP contribution in [0, 0.1) is 5.92 Å². The van der Waals surface area contributed by atoms with Gasteiger partial charge in [0.05, 0.1) is 16.9 Å². The molecule has 3 nitrogen and oxygen atoms in total. The summed E-state index contributed by atoms with van der Waals surface area (Å²) in [4.78, 5) is 0. The molecule has 0 aliphatic heterocycles. The first-order valence-electron chi connectivity index (χ1n) is 7.35. The van der Waals surface area contributed by atoms with Crippen molar-refractivity contribution in [3.63, 3.8) is 0 Å². The Labute approximate surface area is 127 Å². The molecule has 120 valence electrons. The highest BCUT2D eigenvalue weighted by atomic mass is 19.4. The van der Waals surface area contributed by atoms with E-state index in [4.69, 9.17) is 5.73 Å². The number of nitrogens with two attached hydrogens (primary N) is 1. The number of hydrogen-bond acceptors (Lipinski definition) is 2. The Morgan fingerprint density at radius 1 is 1.09 bits per heavy atom. The molecule has 0 fully saturated rings. The predicted octanol–water partition coefficient (Wildman–Crippen LogP) is 4.33. The average Bonchev–Trinajstić information content (AvgIpc) is 2.97. The molecule has 6 heteroatoms. The number of benzene rings is 1. The van der Waals surface area contributed by atoms with Crippen molar-refractivity contribution in [2.45, 2.75) is 38.9 Å². The van der Waals surface area contributed by atoms with Gasteiger partial charge in [-0.1, -0.05) is 26.7 Å². The molecule has 1 heterocycles. The summed E-state index contributed by atoms with van der Waals surface area (Å²) in [6.45, 7) is 4.15. The van der Waals surface area contributed by atoms with Crippen LogP contribution in [0.2, 0.25) is 0 Å².